The Bertz CT molecular complexity index is 1590. The molecule has 0 saturated heterocycles. The molecule has 0 saturated carbocycles. The Morgan fingerprint density at radius 3 is 0.785 bits per heavy atom. The lowest BCUT2D eigenvalue weighted by atomic mass is 10.0. The number of hydrogen-bond donors (Lipinski definition) is 0. The van der Waals surface area contributed by atoms with Crippen molar-refractivity contribution in [3.63, 3.8) is 0 Å². The van der Waals surface area contributed by atoms with E-state index in [1.54, 1.807) is 0 Å². The molecule has 0 aliphatic rings. The summed E-state index contributed by atoms with van der Waals surface area (Å²) in [6.45, 7) is 6.42. The van der Waals surface area contributed by atoms with Gasteiger partial charge in [-0.3, -0.25) is 14.4 Å². The zero-order valence-corrected chi connectivity index (χ0v) is 51.9. The molecule has 0 aliphatic carbocycles. The molecule has 0 aromatic carbocycles. The number of ether oxygens (including phenoxy) is 3. The summed E-state index contributed by atoms with van der Waals surface area (Å²) < 4.78 is 16.9. The Balaban J connectivity index is 4.39. The summed E-state index contributed by atoms with van der Waals surface area (Å²) in [5.74, 6) is -0.912. The van der Waals surface area contributed by atoms with E-state index in [4.69, 9.17) is 14.2 Å². The predicted molar refractivity (Wildman–Crippen MR) is 343 cm³/mol. The van der Waals surface area contributed by atoms with Crippen LogP contribution in [-0.4, -0.2) is 37.2 Å². The molecule has 452 valence electrons. The smallest absolute Gasteiger partial charge is 0.306 e. The molecular weight excluding hydrogens is 973 g/mol. The van der Waals surface area contributed by atoms with E-state index in [1.165, 1.54) is 154 Å². The number of carbonyl (C=O) groups is 3. The van der Waals surface area contributed by atoms with Gasteiger partial charge in [-0.25, -0.2) is 0 Å². The van der Waals surface area contributed by atoms with Crippen LogP contribution in [0.15, 0.2) is 109 Å². The van der Waals surface area contributed by atoms with Crippen molar-refractivity contribution in [1.29, 1.82) is 0 Å². The normalized spacial score (nSPS) is 12.8. The van der Waals surface area contributed by atoms with Crippen molar-refractivity contribution in [1.82, 2.24) is 0 Å². The third kappa shape index (κ3) is 64.8. The van der Waals surface area contributed by atoms with Gasteiger partial charge in [0.15, 0.2) is 6.10 Å². The van der Waals surface area contributed by atoms with E-state index in [0.29, 0.717) is 12.8 Å². The standard InChI is InChI=1S/C73H124O6/c1-4-7-10-13-16-19-22-25-28-31-33-34-35-36-37-38-40-42-45-48-51-54-57-60-63-66-72(75)78-69-70(68-77-71(74)65-62-59-56-53-50-47-44-41-30-27-24-21-18-15-12-9-6-3)79-73(76)67-64-61-58-55-52-49-46-43-39-32-29-26-23-20-17-14-11-8-5-2/h7-8,10-11,16-17,19-20,25-26,28-29,33-34,39,43,49,52,70H,4-6,9,12-15,18,21-24,27,30-32,35-38,40-42,44-48,50-51,53-69H2,1-3H3/b10-7-,11-8-,19-16-,20-17-,28-25-,29-26-,34-33-,43-39-,52-49-. The Hall–Kier alpha value is -3.93. The van der Waals surface area contributed by atoms with Gasteiger partial charge < -0.3 is 14.2 Å². The fourth-order valence-corrected chi connectivity index (χ4v) is 9.35. The maximum absolute atomic E-state index is 12.9. The number of hydrogen-bond acceptors (Lipinski definition) is 6. The number of rotatable bonds is 60. The van der Waals surface area contributed by atoms with Crippen LogP contribution in [0.25, 0.3) is 0 Å². The quantitative estimate of drug-likeness (QED) is 0.0261. The van der Waals surface area contributed by atoms with Crippen LogP contribution < -0.4 is 0 Å². The molecule has 0 aliphatic heterocycles. The van der Waals surface area contributed by atoms with Gasteiger partial charge in [0.25, 0.3) is 0 Å². The summed E-state index contributed by atoms with van der Waals surface area (Å²) in [6, 6.07) is 0. The third-order valence-corrected chi connectivity index (χ3v) is 14.3. The highest BCUT2D eigenvalue weighted by Crippen LogP contribution is 2.17. The zero-order chi connectivity index (χ0) is 57.1. The highest BCUT2D eigenvalue weighted by Gasteiger charge is 2.19. The van der Waals surface area contributed by atoms with Gasteiger partial charge >= 0.3 is 17.9 Å². The van der Waals surface area contributed by atoms with E-state index in [0.717, 1.165) is 122 Å². The van der Waals surface area contributed by atoms with Crippen molar-refractivity contribution < 1.29 is 28.6 Å². The summed E-state index contributed by atoms with van der Waals surface area (Å²) in [4.78, 5) is 38.4. The van der Waals surface area contributed by atoms with E-state index in [2.05, 4.69) is 130 Å². The molecular formula is C73H124O6. The first-order valence-electron chi connectivity index (χ1n) is 33.4. The first-order chi connectivity index (χ1) is 39.0. The van der Waals surface area contributed by atoms with Crippen molar-refractivity contribution in [2.24, 2.45) is 0 Å². The molecule has 0 aromatic heterocycles. The maximum Gasteiger partial charge on any atom is 0.306 e. The molecule has 0 heterocycles. The average Bonchev–Trinajstić information content (AvgIpc) is 3.45. The fraction of sp³-hybridized carbons (Fsp3) is 0.712. The molecule has 0 aromatic rings. The molecule has 0 N–H and O–H groups in total. The molecule has 6 heteroatoms. The molecule has 0 bridgehead atoms. The zero-order valence-electron chi connectivity index (χ0n) is 51.9. The second-order valence-corrected chi connectivity index (χ2v) is 22.0. The number of esters is 3. The maximum atomic E-state index is 12.9. The number of carbonyl (C=O) groups excluding carboxylic acids is 3. The second-order valence-electron chi connectivity index (χ2n) is 22.0. The van der Waals surface area contributed by atoms with E-state index >= 15 is 0 Å². The summed E-state index contributed by atoms with van der Waals surface area (Å²) >= 11 is 0. The van der Waals surface area contributed by atoms with Crippen LogP contribution in [0.3, 0.4) is 0 Å². The molecule has 0 amide bonds. The first kappa shape index (κ1) is 75.1. The van der Waals surface area contributed by atoms with Gasteiger partial charge in [0.1, 0.15) is 13.2 Å². The molecule has 6 nitrogen and oxygen atoms in total. The Labute approximate surface area is 489 Å². The Morgan fingerprint density at radius 1 is 0.266 bits per heavy atom. The monoisotopic (exact) mass is 1100 g/mol. The van der Waals surface area contributed by atoms with Crippen molar-refractivity contribution in [3.05, 3.63) is 109 Å². The Morgan fingerprint density at radius 2 is 0.494 bits per heavy atom. The summed E-state index contributed by atoms with van der Waals surface area (Å²) in [6.07, 6.45) is 91.0. The minimum absolute atomic E-state index is 0.0897. The van der Waals surface area contributed by atoms with Gasteiger partial charge in [-0.15, -0.1) is 0 Å². The molecule has 1 unspecified atom stereocenters. The van der Waals surface area contributed by atoms with Crippen molar-refractivity contribution in [3.8, 4) is 0 Å². The minimum Gasteiger partial charge on any atom is -0.462 e. The van der Waals surface area contributed by atoms with E-state index in [1.807, 2.05) is 0 Å². The largest absolute Gasteiger partial charge is 0.462 e. The molecule has 0 fully saturated rings. The minimum atomic E-state index is -0.798. The van der Waals surface area contributed by atoms with Gasteiger partial charge in [-0.1, -0.05) is 304 Å². The molecule has 0 rings (SSSR count). The molecule has 1 atom stereocenters. The first-order valence-corrected chi connectivity index (χ1v) is 33.4. The van der Waals surface area contributed by atoms with Gasteiger partial charge in [0.2, 0.25) is 0 Å². The van der Waals surface area contributed by atoms with Crippen LogP contribution in [0.1, 0.15) is 316 Å². The summed E-state index contributed by atoms with van der Waals surface area (Å²) in [5.41, 5.74) is 0. The van der Waals surface area contributed by atoms with Crippen molar-refractivity contribution >= 4 is 17.9 Å². The van der Waals surface area contributed by atoms with Gasteiger partial charge in [0, 0.05) is 19.3 Å². The summed E-state index contributed by atoms with van der Waals surface area (Å²) in [5, 5.41) is 0. The van der Waals surface area contributed by atoms with E-state index < -0.39 is 6.10 Å². The fourth-order valence-electron chi connectivity index (χ4n) is 9.35. The lowest BCUT2D eigenvalue weighted by Crippen LogP contribution is -2.30. The van der Waals surface area contributed by atoms with Crippen LogP contribution in [0.5, 0.6) is 0 Å². The third-order valence-electron chi connectivity index (χ3n) is 14.3. The number of unbranched alkanes of at least 4 members (excludes halogenated alkanes) is 31. The van der Waals surface area contributed by atoms with Crippen LogP contribution in [0, 0.1) is 0 Å². The van der Waals surface area contributed by atoms with Crippen molar-refractivity contribution in [2.45, 2.75) is 322 Å². The predicted octanol–water partition coefficient (Wildman–Crippen LogP) is 23.0. The van der Waals surface area contributed by atoms with Gasteiger partial charge in [0.05, 0.1) is 0 Å². The van der Waals surface area contributed by atoms with Gasteiger partial charge in [-0.2, -0.15) is 0 Å². The van der Waals surface area contributed by atoms with E-state index in [-0.39, 0.29) is 37.5 Å². The van der Waals surface area contributed by atoms with Crippen LogP contribution in [-0.2, 0) is 28.6 Å². The van der Waals surface area contributed by atoms with Crippen LogP contribution in [0.4, 0.5) is 0 Å². The highest BCUT2D eigenvalue weighted by molar-refractivity contribution is 5.71. The lowest BCUT2D eigenvalue weighted by Gasteiger charge is -2.18. The molecule has 0 spiro atoms. The van der Waals surface area contributed by atoms with Crippen LogP contribution in [0.2, 0.25) is 0 Å². The second kappa shape index (κ2) is 66.6. The SMILES string of the molecule is CC/C=C\C/C=C\C/C=C\C/C=C\C/C=C\CCCCCC(=O)OC(COC(=O)CCCCCCCCCCCCCC/C=C\C/C=C\C/C=C\C/C=C\CC)COC(=O)CCCCCCCCCCCCCCCCCCC. The van der Waals surface area contributed by atoms with Crippen LogP contribution >= 0.6 is 0 Å². The van der Waals surface area contributed by atoms with Crippen molar-refractivity contribution in [2.75, 3.05) is 13.2 Å². The number of allylic oxidation sites excluding steroid dienone is 18. The molecule has 0 radical (unpaired) electrons. The lowest BCUT2D eigenvalue weighted by molar-refractivity contribution is -0.167. The Kier molecular flexibility index (Phi) is 63.3. The highest BCUT2D eigenvalue weighted by atomic mass is 16.6. The molecule has 79 heavy (non-hydrogen) atoms. The summed E-state index contributed by atoms with van der Waals surface area (Å²) in [7, 11) is 0. The van der Waals surface area contributed by atoms with E-state index in [9.17, 15) is 14.4 Å². The van der Waals surface area contributed by atoms with Gasteiger partial charge in [-0.05, 0) is 103 Å². The topological polar surface area (TPSA) is 78.9 Å². The average molecular weight is 1100 g/mol.